The Bertz CT molecular complexity index is 1320. The highest BCUT2D eigenvalue weighted by Crippen LogP contribution is 2.38. The van der Waals surface area contributed by atoms with E-state index in [1.807, 2.05) is 67.7 Å². The highest BCUT2D eigenvalue weighted by atomic mass is 35.5. The lowest BCUT2D eigenvalue weighted by Gasteiger charge is -2.24. The van der Waals surface area contributed by atoms with Crippen LogP contribution >= 0.6 is 11.6 Å². The van der Waals surface area contributed by atoms with Crippen LogP contribution < -0.4 is 20.9 Å². The smallest absolute Gasteiger partial charge is 0.258 e. The van der Waals surface area contributed by atoms with Gasteiger partial charge in [0, 0.05) is 42.1 Å². The Hall–Kier alpha value is -3.65. The second kappa shape index (κ2) is 11.2. The number of carbonyl (C=O) groups is 2. The van der Waals surface area contributed by atoms with Gasteiger partial charge >= 0.3 is 0 Å². The zero-order valence-electron chi connectivity index (χ0n) is 20.8. The number of hydrogen-bond acceptors (Lipinski definition) is 5. The van der Waals surface area contributed by atoms with Gasteiger partial charge in [0.2, 0.25) is 5.91 Å². The van der Waals surface area contributed by atoms with Gasteiger partial charge in [0.15, 0.2) is 0 Å². The minimum Gasteiger partial charge on any atom is -0.354 e. The molecule has 2 heterocycles. The fourth-order valence-electron chi connectivity index (χ4n) is 4.69. The summed E-state index contributed by atoms with van der Waals surface area (Å²) in [4.78, 5) is 29.9. The molecule has 2 aliphatic heterocycles. The van der Waals surface area contributed by atoms with E-state index in [0.717, 1.165) is 55.1 Å². The predicted molar refractivity (Wildman–Crippen MR) is 151 cm³/mol. The summed E-state index contributed by atoms with van der Waals surface area (Å²) in [6.07, 6.45) is 1.05. The predicted octanol–water partition coefficient (Wildman–Crippen LogP) is 4.53. The van der Waals surface area contributed by atoms with Crippen LogP contribution in [0.5, 0.6) is 0 Å². The standard InChI is InChI=1S/C29H30ClN5O2/c1-34(26(36)19-35-16-5-14-31-15-17-35)23-11-9-22(10-12-23)32-28(20-6-3-2-4-7-20)27-24-13-8-21(30)18-25(24)33-29(27)37/h2-4,6-13,18,31-32H,5,14-17,19H2,1H3,(H,33,37). The van der Waals surface area contributed by atoms with Crippen molar-refractivity contribution >= 4 is 51.7 Å². The molecule has 0 aliphatic carbocycles. The summed E-state index contributed by atoms with van der Waals surface area (Å²) in [7, 11) is 1.81. The molecule has 37 heavy (non-hydrogen) atoms. The number of amides is 2. The molecular formula is C29H30ClN5O2. The quantitative estimate of drug-likeness (QED) is 0.420. The van der Waals surface area contributed by atoms with Crippen molar-refractivity contribution in [1.29, 1.82) is 0 Å². The lowest BCUT2D eigenvalue weighted by molar-refractivity contribution is -0.119. The largest absolute Gasteiger partial charge is 0.354 e. The molecule has 0 spiro atoms. The SMILES string of the molecule is CN(C(=O)CN1CCCNCC1)c1ccc(NC(=C2C(=O)Nc3cc(Cl)ccc32)c2ccccc2)cc1. The van der Waals surface area contributed by atoms with Gasteiger partial charge in [-0.15, -0.1) is 0 Å². The Morgan fingerprint density at radius 2 is 1.81 bits per heavy atom. The molecule has 7 nitrogen and oxygen atoms in total. The van der Waals surface area contributed by atoms with Crippen LogP contribution in [-0.2, 0) is 9.59 Å². The molecule has 3 aromatic carbocycles. The zero-order chi connectivity index (χ0) is 25.8. The van der Waals surface area contributed by atoms with Crippen LogP contribution in [0.15, 0.2) is 72.8 Å². The Kier molecular flexibility index (Phi) is 7.55. The molecule has 0 aromatic heterocycles. The number of hydrogen-bond donors (Lipinski definition) is 3. The number of anilines is 3. The number of likely N-dealkylation sites (N-methyl/N-ethyl adjacent to an activating group) is 1. The van der Waals surface area contributed by atoms with E-state index in [0.29, 0.717) is 28.5 Å². The highest BCUT2D eigenvalue weighted by molar-refractivity contribution is 6.38. The lowest BCUT2D eigenvalue weighted by Crippen LogP contribution is -2.39. The van der Waals surface area contributed by atoms with Gasteiger partial charge in [0.05, 0.1) is 23.5 Å². The van der Waals surface area contributed by atoms with Crippen molar-refractivity contribution in [3.63, 3.8) is 0 Å². The van der Waals surface area contributed by atoms with Crippen molar-refractivity contribution in [2.45, 2.75) is 6.42 Å². The molecule has 0 radical (unpaired) electrons. The summed E-state index contributed by atoms with van der Waals surface area (Å²) in [5, 5.41) is 10.3. The van der Waals surface area contributed by atoms with Crippen LogP contribution in [0.1, 0.15) is 17.5 Å². The first-order valence-electron chi connectivity index (χ1n) is 12.5. The van der Waals surface area contributed by atoms with Crippen molar-refractivity contribution < 1.29 is 9.59 Å². The first kappa shape index (κ1) is 25.0. The molecule has 1 saturated heterocycles. The summed E-state index contributed by atoms with van der Waals surface area (Å²) < 4.78 is 0. The third-order valence-corrected chi connectivity index (χ3v) is 6.96. The van der Waals surface area contributed by atoms with Gasteiger partial charge in [0.25, 0.3) is 5.91 Å². The van der Waals surface area contributed by atoms with E-state index < -0.39 is 0 Å². The number of carbonyl (C=O) groups excluding carboxylic acids is 2. The molecule has 3 N–H and O–H groups in total. The molecular weight excluding hydrogens is 486 g/mol. The van der Waals surface area contributed by atoms with Gasteiger partial charge in [-0.2, -0.15) is 0 Å². The summed E-state index contributed by atoms with van der Waals surface area (Å²) in [5.74, 6) is -0.123. The van der Waals surface area contributed by atoms with E-state index in [2.05, 4.69) is 20.9 Å². The maximum atomic E-state index is 13.0. The molecule has 190 valence electrons. The van der Waals surface area contributed by atoms with Crippen molar-refractivity contribution in [3.05, 3.63) is 88.9 Å². The third kappa shape index (κ3) is 5.69. The minimum atomic E-state index is -0.186. The number of nitrogens with one attached hydrogen (secondary N) is 3. The van der Waals surface area contributed by atoms with Gasteiger partial charge in [-0.05, 0) is 61.5 Å². The topological polar surface area (TPSA) is 76.7 Å². The number of halogens is 1. The van der Waals surface area contributed by atoms with Gasteiger partial charge < -0.3 is 20.9 Å². The second-order valence-electron chi connectivity index (χ2n) is 9.26. The molecule has 0 bridgehead atoms. The van der Waals surface area contributed by atoms with Gasteiger partial charge in [0.1, 0.15) is 0 Å². The number of benzene rings is 3. The van der Waals surface area contributed by atoms with Crippen LogP contribution in [0.3, 0.4) is 0 Å². The van der Waals surface area contributed by atoms with Crippen LogP contribution in [0, 0.1) is 0 Å². The monoisotopic (exact) mass is 515 g/mol. The molecule has 2 amide bonds. The van der Waals surface area contributed by atoms with Crippen LogP contribution in [0.2, 0.25) is 5.02 Å². The summed E-state index contributed by atoms with van der Waals surface area (Å²) >= 11 is 6.15. The van der Waals surface area contributed by atoms with E-state index in [9.17, 15) is 9.59 Å². The second-order valence-corrected chi connectivity index (χ2v) is 9.70. The van der Waals surface area contributed by atoms with Gasteiger partial charge in [-0.3, -0.25) is 14.5 Å². The molecule has 0 atom stereocenters. The van der Waals surface area contributed by atoms with Crippen LogP contribution in [0.25, 0.3) is 11.3 Å². The lowest BCUT2D eigenvalue weighted by atomic mass is 10.00. The first-order valence-corrected chi connectivity index (χ1v) is 12.8. The maximum Gasteiger partial charge on any atom is 0.258 e. The average Bonchev–Trinajstić information content (AvgIpc) is 3.05. The van der Waals surface area contributed by atoms with Crippen LogP contribution in [0.4, 0.5) is 17.1 Å². The highest BCUT2D eigenvalue weighted by Gasteiger charge is 2.28. The van der Waals surface area contributed by atoms with Gasteiger partial charge in [-0.1, -0.05) is 48.0 Å². The minimum absolute atomic E-state index is 0.0626. The van der Waals surface area contributed by atoms with E-state index in [1.165, 1.54) is 0 Å². The third-order valence-electron chi connectivity index (χ3n) is 6.73. The molecule has 5 rings (SSSR count). The average molecular weight is 516 g/mol. The van der Waals surface area contributed by atoms with Crippen molar-refractivity contribution in [1.82, 2.24) is 10.2 Å². The van der Waals surface area contributed by atoms with Crippen molar-refractivity contribution in [2.24, 2.45) is 0 Å². The van der Waals surface area contributed by atoms with E-state index >= 15 is 0 Å². The summed E-state index contributed by atoms with van der Waals surface area (Å²) in [6, 6.07) is 22.8. The molecule has 1 fully saturated rings. The van der Waals surface area contributed by atoms with E-state index in [1.54, 1.807) is 17.0 Å². The molecule has 8 heteroatoms. The Morgan fingerprint density at radius 3 is 2.59 bits per heavy atom. The molecule has 2 aliphatic rings. The van der Waals surface area contributed by atoms with Crippen LogP contribution in [-0.4, -0.2) is 56.5 Å². The number of fused-ring (bicyclic) bond motifs is 1. The summed E-state index contributed by atoms with van der Waals surface area (Å²) in [5.41, 5.74) is 5.26. The fourth-order valence-corrected chi connectivity index (χ4v) is 4.86. The van der Waals surface area contributed by atoms with E-state index in [-0.39, 0.29) is 11.8 Å². The van der Waals surface area contributed by atoms with Crippen molar-refractivity contribution in [3.8, 4) is 0 Å². The molecule has 0 unspecified atom stereocenters. The Labute approximate surface area is 222 Å². The number of rotatable bonds is 6. The number of nitrogens with zero attached hydrogens (tertiary/aromatic N) is 2. The van der Waals surface area contributed by atoms with Gasteiger partial charge in [-0.25, -0.2) is 0 Å². The summed E-state index contributed by atoms with van der Waals surface area (Å²) in [6.45, 7) is 4.11. The molecule has 3 aromatic rings. The fraction of sp³-hybridized carbons (Fsp3) is 0.241. The Morgan fingerprint density at radius 1 is 1.03 bits per heavy atom. The maximum absolute atomic E-state index is 13.0. The van der Waals surface area contributed by atoms with Crippen molar-refractivity contribution in [2.75, 3.05) is 55.3 Å². The normalized spacial score (nSPS) is 17.0. The molecule has 0 saturated carbocycles. The zero-order valence-corrected chi connectivity index (χ0v) is 21.5. The van der Waals surface area contributed by atoms with E-state index in [4.69, 9.17) is 11.6 Å². The first-order chi connectivity index (χ1) is 18.0. The Balaban J connectivity index is 1.39.